The standard InChI is InChI=1S/C24H39N5O.HI/c1-19-9-7-8-13-29(19)20(2)16-26-24(25-3)27-17-22-15-23(30)28(18-22)14-12-21-10-5-4-6-11-21;/h4-6,10-11,19-20,22H,7-9,12-18H2,1-3H3,(H2,25,26,27);1H. The van der Waals surface area contributed by atoms with Gasteiger partial charge in [-0.15, -0.1) is 24.0 Å². The molecule has 0 aromatic heterocycles. The van der Waals surface area contributed by atoms with Crippen LogP contribution in [-0.2, 0) is 11.2 Å². The van der Waals surface area contributed by atoms with Crippen LogP contribution in [0.2, 0.25) is 0 Å². The molecule has 0 radical (unpaired) electrons. The maximum atomic E-state index is 12.4. The van der Waals surface area contributed by atoms with E-state index >= 15 is 0 Å². The summed E-state index contributed by atoms with van der Waals surface area (Å²) in [5.74, 6) is 1.45. The van der Waals surface area contributed by atoms with Gasteiger partial charge in [0.15, 0.2) is 5.96 Å². The van der Waals surface area contributed by atoms with Gasteiger partial charge in [-0.2, -0.15) is 0 Å². The van der Waals surface area contributed by atoms with Crippen LogP contribution in [-0.4, -0.2) is 73.5 Å². The first-order valence-corrected chi connectivity index (χ1v) is 11.6. The Kier molecular flexibility index (Phi) is 11.1. The Bertz CT molecular complexity index is 698. The maximum Gasteiger partial charge on any atom is 0.223 e. The average molecular weight is 542 g/mol. The average Bonchev–Trinajstić information content (AvgIpc) is 3.12. The van der Waals surface area contributed by atoms with Crippen LogP contribution < -0.4 is 10.6 Å². The molecule has 6 nitrogen and oxygen atoms in total. The summed E-state index contributed by atoms with van der Waals surface area (Å²) in [5, 5.41) is 6.92. The number of benzene rings is 1. The number of likely N-dealkylation sites (tertiary alicyclic amines) is 2. The number of hydrogen-bond acceptors (Lipinski definition) is 3. The summed E-state index contributed by atoms with van der Waals surface area (Å²) in [6.45, 7) is 9.12. The predicted octanol–water partition coefficient (Wildman–Crippen LogP) is 3.12. The Hall–Kier alpha value is -1.35. The van der Waals surface area contributed by atoms with Crippen LogP contribution in [0.1, 0.15) is 45.1 Å². The van der Waals surface area contributed by atoms with Crippen molar-refractivity contribution in [2.24, 2.45) is 10.9 Å². The second-order valence-electron chi connectivity index (χ2n) is 8.91. The second-order valence-corrected chi connectivity index (χ2v) is 8.91. The first-order chi connectivity index (χ1) is 14.6. The largest absolute Gasteiger partial charge is 0.356 e. The van der Waals surface area contributed by atoms with Crippen molar-refractivity contribution in [2.45, 2.75) is 58.0 Å². The van der Waals surface area contributed by atoms with Gasteiger partial charge in [-0.3, -0.25) is 14.7 Å². The molecule has 0 saturated carbocycles. The Morgan fingerprint density at radius 2 is 2.00 bits per heavy atom. The number of amides is 1. The van der Waals surface area contributed by atoms with Gasteiger partial charge in [-0.1, -0.05) is 36.8 Å². The molecule has 0 aliphatic carbocycles. The van der Waals surface area contributed by atoms with Crippen LogP contribution in [0.15, 0.2) is 35.3 Å². The summed E-state index contributed by atoms with van der Waals surface area (Å²) < 4.78 is 0. The SMILES string of the molecule is CN=C(NCC1CC(=O)N(CCc2ccccc2)C1)NCC(C)N1CCCCC1C.I. The normalized spacial score (nSPS) is 23.4. The molecule has 3 unspecified atom stereocenters. The van der Waals surface area contributed by atoms with Crippen molar-refractivity contribution in [1.82, 2.24) is 20.4 Å². The van der Waals surface area contributed by atoms with Crippen LogP contribution in [0, 0.1) is 5.92 Å². The summed E-state index contributed by atoms with van der Waals surface area (Å²) in [7, 11) is 1.81. The Labute approximate surface area is 205 Å². The third-order valence-electron chi connectivity index (χ3n) is 6.58. The number of nitrogens with zero attached hydrogens (tertiary/aromatic N) is 3. The molecular weight excluding hydrogens is 501 g/mol. The minimum Gasteiger partial charge on any atom is -0.356 e. The number of halogens is 1. The molecule has 2 N–H and O–H groups in total. The topological polar surface area (TPSA) is 60.0 Å². The monoisotopic (exact) mass is 541 g/mol. The molecule has 1 aromatic carbocycles. The van der Waals surface area contributed by atoms with Gasteiger partial charge in [0.25, 0.3) is 0 Å². The number of guanidine groups is 1. The third-order valence-corrected chi connectivity index (χ3v) is 6.58. The van der Waals surface area contributed by atoms with Gasteiger partial charge in [0, 0.05) is 57.6 Å². The molecule has 7 heteroatoms. The summed E-state index contributed by atoms with van der Waals surface area (Å²) in [5.41, 5.74) is 1.29. The van der Waals surface area contributed by atoms with Crippen molar-refractivity contribution < 1.29 is 4.79 Å². The van der Waals surface area contributed by atoms with Crippen molar-refractivity contribution in [3.05, 3.63) is 35.9 Å². The number of hydrogen-bond donors (Lipinski definition) is 2. The minimum absolute atomic E-state index is 0. The molecule has 2 heterocycles. The highest BCUT2D eigenvalue weighted by molar-refractivity contribution is 14.0. The molecule has 2 aliphatic rings. The van der Waals surface area contributed by atoms with E-state index in [0.717, 1.165) is 38.6 Å². The van der Waals surface area contributed by atoms with Crippen molar-refractivity contribution in [2.75, 3.05) is 39.8 Å². The lowest BCUT2D eigenvalue weighted by molar-refractivity contribution is -0.127. The highest BCUT2D eigenvalue weighted by Gasteiger charge is 2.29. The molecule has 2 fully saturated rings. The number of piperidine rings is 1. The van der Waals surface area contributed by atoms with E-state index in [-0.39, 0.29) is 29.9 Å². The van der Waals surface area contributed by atoms with Gasteiger partial charge in [0.05, 0.1) is 0 Å². The van der Waals surface area contributed by atoms with Gasteiger partial charge in [-0.25, -0.2) is 0 Å². The first-order valence-electron chi connectivity index (χ1n) is 11.6. The van der Waals surface area contributed by atoms with Crippen molar-refractivity contribution >= 4 is 35.8 Å². The van der Waals surface area contributed by atoms with Crippen molar-refractivity contribution in [3.63, 3.8) is 0 Å². The van der Waals surface area contributed by atoms with E-state index in [1.54, 1.807) is 0 Å². The van der Waals surface area contributed by atoms with Gasteiger partial charge in [0.2, 0.25) is 5.91 Å². The summed E-state index contributed by atoms with van der Waals surface area (Å²) in [6.07, 6.45) is 5.50. The molecule has 31 heavy (non-hydrogen) atoms. The molecule has 2 aliphatic heterocycles. The van der Waals surface area contributed by atoms with Crippen LogP contribution in [0.5, 0.6) is 0 Å². The van der Waals surface area contributed by atoms with E-state index in [1.165, 1.54) is 31.4 Å². The maximum absolute atomic E-state index is 12.4. The molecule has 1 amide bonds. The Morgan fingerprint density at radius 3 is 2.71 bits per heavy atom. The fourth-order valence-corrected chi connectivity index (χ4v) is 4.71. The summed E-state index contributed by atoms with van der Waals surface area (Å²) in [6, 6.07) is 11.5. The number of rotatable bonds is 8. The molecular formula is C24H40IN5O. The van der Waals surface area contributed by atoms with Gasteiger partial charge < -0.3 is 15.5 Å². The number of carbonyl (C=O) groups is 1. The highest BCUT2D eigenvalue weighted by atomic mass is 127. The van der Waals surface area contributed by atoms with Gasteiger partial charge >= 0.3 is 0 Å². The predicted molar refractivity (Wildman–Crippen MR) is 139 cm³/mol. The van der Waals surface area contributed by atoms with Crippen LogP contribution in [0.3, 0.4) is 0 Å². The van der Waals surface area contributed by atoms with Gasteiger partial charge in [0.1, 0.15) is 0 Å². The fourth-order valence-electron chi connectivity index (χ4n) is 4.71. The number of aliphatic imine (C=N–C) groups is 1. The molecule has 3 atom stereocenters. The van der Waals surface area contributed by atoms with Crippen molar-refractivity contribution in [1.29, 1.82) is 0 Å². The molecule has 1 aromatic rings. The van der Waals surface area contributed by atoms with E-state index in [2.05, 4.69) is 58.6 Å². The highest BCUT2D eigenvalue weighted by Crippen LogP contribution is 2.19. The fraction of sp³-hybridized carbons (Fsp3) is 0.667. The summed E-state index contributed by atoms with van der Waals surface area (Å²) >= 11 is 0. The second kappa shape index (κ2) is 13.3. The van der Waals surface area contributed by atoms with E-state index in [0.29, 0.717) is 24.4 Å². The van der Waals surface area contributed by atoms with Crippen LogP contribution in [0.25, 0.3) is 0 Å². The molecule has 0 spiro atoms. The minimum atomic E-state index is 0. The number of nitrogens with one attached hydrogen (secondary N) is 2. The zero-order chi connectivity index (χ0) is 21.3. The Morgan fingerprint density at radius 1 is 1.23 bits per heavy atom. The molecule has 3 rings (SSSR count). The molecule has 2 saturated heterocycles. The third kappa shape index (κ3) is 7.93. The smallest absolute Gasteiger partial charge is 0.223 e. The molecule has 0 bridgehead atoms. The van der Waals surface area contributed by atoms with Crippen LogP contribution in [0.4, 0.5) is 0 Å². The van der Waals surface area contributed by atoms with E-state index in [9.17, 15) is 4.79 Å². The Balaban J connectivity index is 0.00000341. The lowest BCUT2D eigenvalue weighted by Gasteiger charge is -2.38. The molecule has 174 valence electrons. The van der Waals surface area contributed by atoms with E-state index in [4.69, 9.17) is 0 Å². The summed E-state index contributed by atoms with van der Waals surface area (Å²) in [4.78, 5) is 21.4. The number of carbonyl (C=O) groups excluding carboxylic acids is 1. The van der Waals surface area contributed by atoms with E-state index < -0.39 is 0 Å². The lowest BCUT2D eigenvalue weighted by atomic mass is 10.0. The first kappa shape index (κ1) is 25.9. The zero-order valence-corrected chi connectivity index (χ0v) is 21.7. The lowest BCUT2D eigenvalue weighted by Crippen LogP contribution is -2.50. The van der Waals surface area contributed by atoms with Crippen LogP contribution >= 0.6 is 24.0 Å². The van der Waals surface area contributed by atoms with E-state index in [1.807, 2.05) is 18.0 Å². The van der Waals surface area contributed by atoms with Gasteiger partial charge in [-0.05, 0) is 45.2 Å². The quantitative estimate of drug-likeness (QED) is 0.302. The van der Waals surface area contributed by atoms with Crippen molar-refractivity contribution in [3.8, 4) is 0 Å². The zero-order valence-electron chi connectivity index (χ0n) is 19.3.